The van der Waals surface area contributed by atoms with E-state index in [2.05, 4.69) is 0 Å². The van der Waals surface area contributed by atoms with Gasteiger partial charge in [-0.3, -0.25) is 0 Å². The van der Waals surface area contributed by atoms with Crippen molar-refractivity contribution in [3.8, 4) is 0 Å². The fourth-order valence-corrected chi connectivity index (χ4v) is 3.58. The lowest BCUT2D eigenvalue weighted by Gasteiger charge is -2.46. The van der Waals surface area contributed by atoms with Crippen LogP contribution in [0.2, 0.25) is 0 Å². The number of sulfone groups is 1. The average molecular weight is 247 g/mol. The maximum atomic E-state index is 11.9. The Balaban J connectivity index is 3.27. The molecule has 0 spiro atoms. The fourth-order valence-electron chi connectivity index (χ4n) is 2.17. The van der Waals surface area contributed by atoms with Crippen molar-refractivity contribution in [3.05, 3.63) is 11.0 Å². The molecule has 0 saturated heterocycles. The van der Waals surface area contributed by atoms with Crippen LogP contribution in [0, 0.1) is 0 Å². The first-order valence-electron chi connectivity index (χ1n) is 5.46. The molecule has 0 saturated carbocycles. The van der Waals surface area contributed by atoms with Gasteiger partial charge in [-0.05, 0) is 33.8 Å². The summed E-state index contributed by atoms with van der Waals surface area (Å²) in [5.41, 5.74) is -1.21. The van der Waals surface area contributed by atoms with Crippen molar-refractivity contribution in [2.75, 3.05) is 5.75 Å². The highest BCUT2D eigenvalue weighted by Gasteiger charge is 2.43. The van der Waals surface area contributed by atoms with Crippen LogP contribution < -0.4 is 0 Å². The molecule has 1 aliphatic rings. The summed E-state index contributed by atoms with van der Waals surface area (Å²) < 4.78 is 23.7. The standard InChI is InChI=1S/C11H21NO3S/c1-6-16(14,15)9-7-10(2,3)12(13)11(4,5)8-9/h7,13H,6,8H2,1-5H3. The van der Waals surface area contributed by atoms with Crippen LogP contribution in [-0.4, -0.2) is 35.5 Å². The lowest BCUT2D eigenvalue weighted by atomic mass is 9.87. The second-order valence-electron chi connectivity index (χ2n) is 5.47. The molecule has 0 radical (unpaired) electrons. The van der Waals surface area contributed by atoms with Crippen molar-refractivity contribution in [3.63, 3.8) is 0 Å². The molecular weight excluding hydrogens is 226 g/mol. The highest BCUT2D eigenvalue weighted by Crippen LogP contribution is 2.37. The van der Waals surface area contributed by atoms with Gasteiger partial charge in [-0.2, -0.15) is 5.06 Å². The number of hydrogen-bond acceptors (Lipinski definition) is 4. The van der Waals surface area contributed by atoms with Crippen LogP contribution in [0.15, 0.2) is 11.0 Å². The molecular formula is C11H21NO3S. The van der Waals surface area contributed by atoms with Gasteiger partial charge in [0, 0.05) is 16.9 Å². The molecule has 0 unspecified atom stereocenters. The van der Waals surface area contributed by atoms with Crippen molar-refractivity contribution < 1.29 is 13.6 Å². The largest absolute Gasteiger partial charge is 0.313 e. The minimum atomic E-state index is -3.16. The minimum absolute atomic E-state index is 0.108. The normalized spacial score (nSPS) is 25.2. The first kappa shape index (κ1) is 13.7. The summed E-state index contributed by atoms with van der Waals surface area (Å²) in [7, 11) is -3.16. The van der Waals surface area contributed by atoms with E-state index in [1.165, 1.54) is 5.06 Å². The molecule has 0 aromatic carbocycles. The molecule has 0 aliphatic carbocycles. The number of hydroxylamine groups is 2. The molecule has 5 heteroatoms. The topological polar surface area (TPSA) is 57.6 Å². The Labute approximate surface area is 97.8 Å². The predicted octanol–water partition coefficient (Wildman–Crippen LogP) is 1.96. The highest BCUT2D eigenvalue weighted by molar-refractivity contribution is 7.95. The number of rotatable bonds is 2. The molecule has 1 heterocycles. The molecule has 94 valence electrons. The van der Waals surface area contributed by atoms with E-state index in [9.17, 15) is 13.6 Å². The first-order valence-corrected chi connectivity index (χ1v) is 7.12. The van der Waals surface area contributed by atoms with Crippen molar-refractivity contribution in [1.82, 2.24) is 5.06 Å². The van der Waals surface area contributed by atoms with Gasteiger partial charge < -0.3 is 5.21 Å². The lowest BCUT2D eigenvalue weighted by Crippen LogP contribution is -2.56. The maximum absolute atomic E-state index is 11.9. The number of hydrogen-bond donors (Lipinski definition) is 1. The zero-order chi connectivity index (χ0) is 12.8. The van der Waals surface area contributed by atoms with E-state index >= 15 is 0 Å². The van der Waals surface area contributed by atoms with Crippen LogP contribution in [0.4, 0.5) is 0 Å². The van der Waals surface area contributed by atoms with E-state index in [4.69, 9.17) is 0 Å². The molecule has 0 atom stereocenters. The molecule has 0 aromatic rings. The van der Waals surface area contributed by atoms with Crippen molar-refractivity contribution in [2.24, 2.45) is 0 Å². The third kappa shape index (κ3) is 2.31. The monoisotopic (exact) mass is 247 g/mol. The summed E-state index contributed by atoms with van der Waals surface area (Å²) >= 11 is 0. The molecule has 1 rings (SSSR count). The summed E-state index contributed by atoms with van der Waals surface area (Å²) in [4.78, 5) is 0.440. The summed E-state index contributed by atoms with van der Waals surface area (Å²) in [5, 5.41) is 11.2. The van der Waals surface area contributed by atoms with Gasteiger partial charge in [0.1, 0.15) is 0 Å². The zero-order valence-corrected chi connectivity index (χ0v) is 11.4. The first-order chi connectivity index (χ1) is 7.03. The van der Waals surface area contributed by atoms with Crippen LogP contribution in [0.5, 0.6) is 0 Å². The van der Waals surface area contributed by atoms with Gasteiger partial charge in [-0.15, -0.1) is 0 Å². The Kier molecular flexibility index (Phi) is 3.27. The molecule has 4 nitrogen and oxygen atoms in total. The molecule has 0 amide bonds. The Morgan fingerprint density at radius 2 is 1.88 bits per heavy atom. The fraction of sp³-hybridized carbons (Fsp3) is 0.818. The second kappa shape index (κ2) is 3.82. The van der Waals surface area contributed by atoms with Gasteiger partial charge in [0.05, 0.1) is 11.3 Å². The van der Waals surface area contributed by atoms with Crippen molar-refractivity contribution in [2.45, 2.75) is 52.1 Å². The smallest absolute Gasteiger partial charge is 0.174 e. The van der Waals surface area contributed by atoms with E-state index < -0.39 is 20.9 Å². The molecule has 1 aliphatic heterocycles. The molecule has 16 heavy (non-hydrogen) atoms. The van der Waals surface area contributed by atoms with E-state index in [-0.39, 0.29) is 5.75 Å². The van der Waals surface area contributed by atoms with E-state index in [0.717, 1.165) is 0 Å². The summed E-state index contributed by atoms with van der Waals surface area (Å²) in [6, 6.07) is 0. The van der Waals surface area contributed by atoms with Crippen LogP contribution in [0.25, 0.3) is 0 Å². The lowest BCUT2D eigenvalue weighted by molar-refractivity contribution is -0.213. The van der Waals surface area contributed by atoms with E-state index in [0.29, 0.717) is 11.3 Å². The van der Waals surface area contributed by atoms with Gasteiger partial charge >= 0.3 is 0 Å². The second-order valence-corrected chi connectivity index (χ2v) is 7.80. The SMILES string of the molecule is CCS(=O)(=O)C1=CC(C)(C)N(O)C(C)(C)C1. The van der Waals surface area contributed by atoms with Gasteiger partial charge in [0.15, 0.2) is 9.84 Å². The quantitative estimate of drug-likeness (QED) is 0.810. The van der Waals surface area contributed by atoms with Gasteiger partial charge in [0.2, 0.25) is 0 Å². The minimum Gasteiger partial charge on any atom is -0.313 e. The third-order valence-electron chi connectivity index (χ3n) is 3.02. The average Bonchev–Trinajstić information content (AvgIpc) is 2.13. The maximum Gasteiger partial charge on any atom is 0.174 e. The Bertz CT molecular complexity index is 407. The van der Waals surface area contributed by atoms with Gasteiger partial charge in [-0.1, -0.05) is 6.92 Å². The van der Waals surface area contributed by atoms with Crippen LogP contribution in [-0.2, 0) is 9.84 Å². The summed E-state index contributed by atoms with van der Waals surface area (Å²) in [5.74, 6) is 0.108. The molecule has 0 fully saturated rings. The summed E-state index contributed by atoms with van der Waals surface area (Å²) in [6.45, 7) is 8.93. The summed E-state index contributed by atoms with van der Waals surface area (Å²) in [6.07, 6.45) is 2.00. The Morgan fingerprint density at radius 1 is 1.38 bits per heavy atom. The van der Waals surface area contributed by atoms with Crippen LogP contribution in [0.1, 0.15) is 41.0 Å². The van der Waals surface area contributed by atoms with E-state index in [1.54, 1.807) is 26.8 Å². The molecule has 0 aromatic heterocycles. The molecule has 1 N–H and O–H groups in total. The van der Waals surface area contributed by atoms with Crippen molar-refractivity contribution >= 4 is 9.84 Å². The number of nitrogens with zero attached hydrogens (tertiary/aromatic N) is 1. The van der Waals surface area contributed by atoms with Gasteiger partial charge in [0.25, 0.3) is 0 Å². The van der Waals surface area contributed by atoms with Crippen molar-refractivity contribution in [1.29, 1.82) is 0 Å². The highest BCUT2D eigenvalue weighted by atomic mass is 32.2. The van der Waals surface area contributed by atoms with Gasteiger partial charge in [-0.25, -0.2) is 8.42 Å². The van der Waals surface area contributed by atoms with Crippen LogP contribution in [0.3, 0.4) is 0 Å². The Hall–Kier alpha value is -0.390. The zero-order valence-electron chi connectivity index (χ0n) is 10.6. The van der Waals surface area contributed by atoms with E-state index in [1.807, 2.05) is 13.8 Å². The van der Waals surface area contributed by atoms with Crippen LogP contribution >= 0.6 is 0 Å². The Morgan fingerprint density at radius 3 is 2.25 bits per heavy atom. The molecule has 0 bridgehead atoms. The predicted molar refractivity (Wildman–Crippen MR) is 63.9 cm³/mol. The third-order valence-corrected chi connectivity index (χ3v) is 4.84.